The molecule has 46 heavy (non-hydrogen) atoms. The molecule has 3 aliphatic heterocycles. The monoisotopic (exact) mass is 668 g/mol. The highest BCUT2D eigenvalue weighted by Crippen LogP contribution is 2.59. The molecule has 0 bridgehead atoms. The summed E-state index contributed by atoms with van der Waals surface area (Å²) in [6, 6.07) is 14.4. The number of nitrogens with one attached hydrogen (secondary N) is 1. The van der Waals surface area contributed by atoms with E-state index in [-0.39, 0.29) is 52.9 Å². The van der Waals surface area contributed by atoms with Crippen LogP contribution in [0.25, 0.3) is 10.1 Å². The first-order valence-electron chi connectivity index (χ1n) is 14.9. The molecule has 0 radical (unpaired) electrons. The van der Waals surface area contributed by atoms with E-state index in [1.54, 1.807) is 9.80 Å². The molecule has 2 fully saturated rings. The smallest absolute Gasteiger partial charge is 0.339 e. The van der Waals surface area contributed by atoms with Crippen LogP contribution in [0.5, 0.6) is 0 Å². The minimum Gasteiger partial charge on any atom is -0.339 e. The van der Waals surface area contributed by atoms with Gasteiger partial charge >= 0.3 is 13.3 Å². The zero-order valence-electron chi connectivity index (χ0n) is 24.5. The fourth-order valence-electron chi connectivity index (χ4n) is 6.68. The first kappa shape index (κ1) is 32.0. The number of carbonyl (C=O) groups is 3. The number of fused-ring (bicyclic) bond motifs is 2. The summed E-state index contributed by atoms with van der Waals surface area (Å²) < 4.78 is 40.3. The molecule has 6 rings (SSSR count). The topological polar surface area (TPSA) is 151 Å². The van der Waals surface area contributed by atoms with E-state index < -0.39 is 36.8 Å². The Hall–Kier alpha value is -3.95. The Morgan fingerprint density at radius 2 is 1.78 bits per heavy atom. The number of amides is 3. The molecular weight excluding hydrogens is 637 g/mol. The zero-order valence-corrected chi connectivity index (χ0v) is 26.2. The average molecular weight is 669 g/mol. The molecular formula is C32H31F2N4O6PS. The van der Waals surface area contributed by atoms with Crippen molar-refractivity contribution in [3.63, 3.8) is 0 Å². The number of nitriles is 1. The van der Waals surface area contributed by atoms with Gasteiger partial charge in [0, 0.05) is 35.3 Å². The van der Waals surface area contributed by atoms with Crippen LogP contribution < -0.4 is 5.32 Å². The molecule has 0 unspecified atom stereocenters. The average Bonchev–Trinajstić information content (AvgIpc) is 3.77. The number of likely N-dealkylation sites (tertiary alicyclic amines) is 1. The predicted octanol–water partition coefficient (Wildman–Crippen LogP) is 4.70. The number of hydrogen-bond donors (Lipinski definition) is 3. The molecule has 1 aromatic heterocycles. The number of nitrogens with zero attached hydrogens (tertiary/aromatic N) is 3. The molecule has 0 spiro atoms. The Kier molecular flexibility index (Phi) is 8.59. The van der Waals surface area contributed by atoms with Gasteiger partial charge in [0.15, 0.2) is 0 Å². The molecule has 0 saturated carbocycles. The van der Waals surface area contributed by atoms with E-state index in [1.165, 1.54) is 12.1 Å². The summed E-state index contributed by atoms with van der Waals surface area (Å²) in [5.41, 5.74) is -4.28. The second-order valence-electron chi connectivity index (χ2n) is 11.9. The van der Waals surface area contributed by atoms with Gasteiger partial charge in [0.2, 0.25) is 11.8 Å². The van der Waals surface area contributed by atoms with Crippen LogP contribution in [0.1, 0.15) is 52.4 Å². The van der Waals surface area contributed by atoms with E-state index in [9.17, 15) is 33.0 Å². The number of hydrogen-bond acceptors (Lipinski definition) is 6. The summed E-state index contributed by atoms with van der Waals surface area (Å²) in [5, 5.41) is 12.8. The minimum atomic E-state index is -5.77. The van der Waals surface area contributed by atoms with Crippen molar-refractivity contribution in [1.29, 1.82) is 5.26 Å². The summed E-state index contributed by atoms with van der Waals surface area (Å²) in [6.07, 6.45) is 5.59. The number of thiophene rings is 1. The molecule has 2 saturated heterocycles. The van der Waals surface area contributed by atoms with Gasteiger partial charge in [-0.3, -0.25) is 18.9 Å². The van der Waals surface area contributed by atoms with Crippen molar-refractivity contribution in [3.05, 3.63) is 82.8 Å². The highest BCUT2D eigenvalue weighted by atomic mass is 32.1. The van der Waals surface area contributed by atoms with Crippen LogP contribution >= 0.6 is 18.9 Å². The Balaban J connectivity index is 1.20. The van der Waals surface area contributed by atoms with Gasteiger partial charge in [-0.1, -0.05) is 48.6 Å². The molecule has 3 N–H and O–H groups in total. The lowest BCUT2D eigenvalue weighted by Gasteiger charge is -2.35. The Bertz CT molecular complexity index is 1800. The van der Waals surface area contributed by atoms with Gasteiger partial charge in [-0.25, -0.2) is 0 Å². The molecule has 3 aromatic rings. The van der Waals surface area contributed by atoms with Crippen LogP contribution in [0.15, 0.2) is 66.7 Å². The van der Waals surface area contributed by atoms with Crippen LogP contribution in [0, 0.1) is 17.2 Å². The van der Waals surface area contributed by atoms with Crippen LogP contribution in [0.2, 0.25) is 0 Å². The maximum absolute atomic E-state index is 14.3. The lowest BCUT2D eigenvalue weighted by atomic mass is 9.90. The summed E-state index contributed by atoms with van der Waals surface area (Å²) in [7, 11) is -5.77. The van der Waals surface area contributed by atoms with Crippen molar-refractivity contribution in [2.45, 2.75) is 55.4 Å². The third-order valence-corrected chi connectivity index (χ3v) is 11.2. The van der Waals surface area contributed by atoms with Crippen molar-refractivity contribution < 1.29 is 37.5 Å². The zero-order chi connectivity index (χ0) is 32.8. The van der Waals surface area contributed by atoms with Gasteiger partial charge in [0.25, 0.3) is 5.91 Å². The van der Waals surface area contributed by atoms with Crippen molar-refractivity contribution >= 4 is 46.7 Å². The molecule has 2 aromatic carbocycles. The first-order chi connectivity index (χ1) is 21.9. The quantitative estimate of drug-likeness (QED) is 0.255. The molecule has 5 atom stereocenters. The lowest BCUT2D eigenvalue weighted by Crippen LogP contribution is -2.56. The standard InChI is InChI=1S/C32H31F2N4O6PS/c33-32(34,45(42,43)44)22-10-13-27-20(14-22)15-28(46-27)29(39)36-25-9-5-4-8-23-11-12-26(38(23)30(25)40)31(41)37-17-21(16-35)24(18-37)19-6-2-1-3-7-19/h1-7,10,13-15,21,23-26H,8-9,11-12,17-18H2,(H,36,39)(H2,42,43,44)/b5-4-/t21-,23+,24+,25+,26+/m1/s1. The van der Waals surface area contributed by atoms with E-state index in [1.807, 2.05) is 42.5 Å². The number of benzene rings is 2. The second-order valence-corrected chi connectivity index (χ2v) is 14.6. The van der Waals surface area contributed by atoms with Gasteiger partial charge in [0.05, 0.1) is 16.9 Å². The van der Waals surface area contributed by atoms with Crippen LogP contribution in [0.3, 0.4) is 0 Å². The molecule has 3 amide bonds. The van der Waals surface area contributed by atoms with Crippen molar-refractivity contribution in [2.75, 3.05) is 13.1 Å². The Labute approximate surface area is 267 Å². The first-order valence-corrected chi connectivity index (χ1v) is 17.3. The SMILES string of the molecule is N#C[C@@H]1CN(C(=O)[C@@H]2CC[C@@H]3C/C=C\C[C@H](NC(=O)c4cc5cc(C(F)(F)P(=O)(O)O)ccc5s4)C(=O)N32)C[C@H]1c1ccccc1. The maximum atomic E-state index is 14.3. The molecule has 240 valence electrons. The molecule has 4 heterocycles. The summed E-state index contributed by atoms with van der Waals surface area (Å²) in [6.45, 7) is 0.643. The Morgan fingerprint density at radius 1 is 1.04 bits per heavy atom. The number of halogens is 2. The molecule has 3 aliphatic rings. The van der Waals surface area contributed by atoms with Gasteiger partial charge in [0.1, 0.15) is 12.1 Å². The Morgan fingerprint density at radius 3 is 2.50 bits per heavy atom. The van der Waals surface area contributed by atoms with Crippen LogP contribution in [-0.4, -0.2) is 68.5 Å². The summed E-state index contributed by atoms with van der Waals surface area (Å²) in [4.78, 5) is 62.9. The van der Waals surface area contributed by atoms with Crippen LogP contribution in [0.4, 0.5) is 8.78 Å². The summed E-state index contributed by atoms with van der Waals surface area (Å²) >= 11 is 0.993. The van der Waals surface area contributed by atoms with E-state index in [2.05, 4.69) is 11.4 Å². The van der Waals surface area contributed by atoms with E-state index >= 15 is 0 Å². The second kappa shape index (κ2) is 12.3. The third-order valence-electron chi connectivity index (χ3n) is 9.07. The van der Waals surface area contributed by atoms with E-state index in [4.69, 9.17) is 9.79 Å². The van der Waals surface area contributed by atoms with Gasteiger partial charge in [-0.15, -0.1) is 11.3 Å². The molecule has 10 nitrogen and oxygen atoms in total. The van der Waals surface area contributed by atoms with Crippen LogP contribution in [-0.2, 0) is 19.8 Å². The molecule has 0 aliphatic carbocycles. The number of carbonyl (C=O) groups excluding carboxylic acids is 3. The number of rotatable bonds is 6. The fraction of sp³-hybridized carbons (Fsp3) is 0.375. The number of alkyl halides is 2. The van der Waals surface area contributed by atoms with Crippen molar-refractivity contribution in [3.8, 4) is 6.07 Å². The van der Waals surface area contributed by atoms with Gasteiger partial charge in [-0.05, 0) is 54.8 Å². The van der Waals surface area contributed by atoms with E-state index in [0.717, 1.165) is 29.0 Å². The third kappa shape index (κ3) is 5.86. The van der Waals surface area contributed by atoms with Crippen molar-refractivity contribution in [2.24, 2.45) is 5.92 Å². The normalized spacial score (nSPS) is 25.9. The maximum Gasteiger partial charge on any atom is 0.399 e. The minimum absolute atomic E-state index is 0.127. The highest BCUT2D eigenvalue weighted by molar-refractivity contribution is 7.52. The highest BCUT2D eigenvalue weighted by Gasteiger charge is 2.50. The molecule has 14 heteroatoms. The van der Waals surface area contributed by atoms with Gasteiger partial charge in [-0.2, -0.15) is 14.0 Å². The fourth-order valence-corrected chi connectivity index (χ4v) is 8.10. The largest absolute Gasteiger partial charge is 0.399 e. The van der Waals surface area contributed by atoms with Gasteiger partial charge < -0.3 is 24.9 Å². The predicted molar refractivity (Wildman–Crippen MR) is 166 cm³/mol. The van der Waals surface area contributed by atoms with E-state index in [0.29, 0.717) is 30.5 Å². The summed E-state index contributed by atoms with van der Waals surface area (Å²) in [5.74, 6) is -1.72. The lowest BCUT2D eigenvalue weighted by molar-refractivity contribution is -0.146. The van der Waals surface area contributed by atoms with Crippen molar-refractivity contribution in [1.82, 2.24) is 15.1 Å².